The Kier molecular flexibility index (Phi) is 31.5. The van der Waals surface area contributed by atoms with E-state index in [0.29, 0.717) is 93.9 Å². The molecule has 16 aromatic rings. The van der Waals surface area contributed by atoms with Gasteiger partial charge in [0.2, 0.25) is 0 Å². The first kappa shape index (κ1) is 101. The third kappa shape index (κ3) is 24.3. The van der Waals surface area contributed by atoms with Gasteiger partial charge in [-0.25, -0.2) is 59.5 Å². The van der Waals surface area contributed by atoms with Gasteiger partial charge < -0.3 is 0 Å². The zero-order valence-electron chi connectivity index (χ0n) is 80.2. The third-order valence-corrected chi connectivity index (χ3v) is 25.8. The summed E-state index contributed by atoms with van der Waals surface area (Å²) in [6, 6.07) is 72.2. The van der Waals surface area contributed by atoms with E-state index in [9.17, 15) is 57.5 Å². The highest BCUT2D eigenvalue weighted by Crippen LogP contribution is 2.35. The predicted octanol–water partition coefficient (Wildman–Crippen LogP) is 19.3. The van der Waals surface area contributed by atoms with Crippen LogP contribution in [-0.2, 0) is 89.7 Å². The summed E-state index contributed by atoms with van der Waals surface area (Å²) in [7, 11) is 0. The van der Waals surface area contributed by atoms with Gasteiger partial charge in [0.25, 0.3) is 47.3 Å². The molecular weight excluding hydrogens is 1930 g/mol. The van der Waals surface area contributed by atoms with Gasteiger partial charge in [0.15, 0.2) is 23.1 Å². The topological polar surface area (TPSA) is 372 Å². The minimum atomic E-state index is -0.692. The summed E-state index contributed by atoms with van der Waals surface area (Å²) in [6.07, 6.45) is 28.8. The van der Waals surface area contributed by atoms with E-state index in [2.05, 4.69) is 44.9 Å². The lowest BCUT2D eigenvalue weighted by molar-refractivity contribution is -0.121. The number of carbonyl (C=O) groups excluding carboxylic acids is 12. The van der Waals surface area contributed by atoms with Gasteiger partial charge in [-0.15, -0.1) is 0 Å². The fourth-order valence-electron chi connectivity index (χ4n) is 16.6. The number of hydrogen-bond acceptors (Lipinski definition) is 24. The molecule has 8 aromatic heterocycles. The van der Waals surface area contributed by atoms with Gasteiger partial charge in [0.1, 0.15) is 38.4 Å². The van der Waals surface area contributed by atoms with Gasteiger partial charge in [-0.1, -0.05) is 108 Å². The van der Waals surface area contributed by atoms with E-state index < -0.39 is 23.6 Å². The molecule has 20 rings (SSSR count). The number of aromatic nitrogens is 12. The van der Waals surface area contributed by atoms with Crippen LogP contribution >= 0.6 is 34.8 Å². The minimum absolute atomic E-state index is 0.0513. The molecule has 12 heterocycles. The molecule has 148 heavy (non-hydrogen) atoms. The highest BCUT2D eigenvalue weighted by molar-refractivity contribution is 6.62. The summed E-state index contributed by atoms with van der Waals surface area (Å²) in [5.41, 5.74) is 22.9. The Hall–Kier alpha value is -18.3. The van der Waals surface area contributed by atoms with Gasteiger partial charge in [-0.05, 0) is 271 Å². The Balaban J connectivity index is 0.000000135. The normalized spacial score (nSPS) is 13.1. The number of pyridine rings is 4. The molecule has 0 saturated carbocycles. The summed E-state index contributed by atoms with van der Waals surface area (Å²) >= 11 is 17.4. The Morgan fingerprint density at radius 2 is 0.534 bits per heavy atom. The summed E-state index contributed by atoms with van der Waals surface area (Å²) in [6.45, 7) is 9.70. The van der Waals surface area contributed by atoms with Crippen LogP contribution in [0.4, 0.5) is 22.7 Å². The van der Waals surface area contributed by atoms with Crippen molar-refractivity contribution in [2.45, 2.75) is 86.0 Å². The standard InChI is InChI=1S/C30H24N4O3.C29H20Cl2N4O3.C29H21ClN4O3.C29H22N4O3/c1-19-5-6-21(15-24(19)17-28-32-13-11-26(33-28)23-4-3-12-31-18-23)16-27(35)22-7-9-25(10-8-22)34-29(36)14-20(2)30(34)37;1-17-4-5-18(13-21(17)15-25-33-12-10-23(34-25)20-3-2-11-32-16-20)14-24(36)19-6-8-22(9-7-19)35-28(37)26(30)27(31)29(35)38;1-18-4-5-19(13-22(18)15-27-32-12-10-25(33-27)21-3-2-11-31-17-21)14-26(35)20-6-8-23(9-7-20)34-28(36)16-24(30)29(34)37;1-19-4-5-20(15-23(19)17-27-31-14-12-25(32-27)22-3-2-13-30-18-22)16-26(34)21-6-8-24(9-7-21)33-28(35)10-11-29(33)36/h3-15,18H,16-17H2,1-2H3;2-13,16H,14-15H2,1H3;2-13,16-17H,14-15H2,1H3;2-15,18H,16-17H2,1H3. The number of anilines is 4. The van der Waals surface area contributed by atoms with Crippen LogP contribution in [0.3, 0.4) is 0 Å². The fraction of sp³-hybridized carbons (Fsp3) is 0.111. The van der Waals surface area contributed by atoms with Crippen LogP contribution in [0, 0.1) is 27.7 Å². The maximum absolute atomic E-state index is 13.0. The molecule has 0 saturated heterocycles. The SMILES string of the molecule is CC1=CC(=O)N(c2ccc(C(=O)Cc3ccc(C)c(Cc4nccc(-c5cccnc5)n4)c3)cc2)C1=O.Cc1ccc(CC(=O)c2ccc(N3C(=O)C(Cl)=C(Cl)C3=O)cc2)cc1Cc1nccc(-c2cccnc2)n1.Cc1ccc(CC(=O)c2ccc(N3C(=O)C=C(Cl)C3=O)cc2)cc1Cc1nccc(-c2cccnc2)n1.Cc1ccc(CC(=O)c2ccc(N3C(=O)C=CC3=O)cc2)cc1Cc1nccc(-c2cccnc2)n1. The van der Waals surface area contributed by atoms with E-state index in [1.165, 1.54) is 30.4 Å². The van der Waals surface area contributed by atoms with Crippen LogP contribution in [0.15, 0.2) is 362 Å². The Bertz CT molecular complexity index is 7800. The van der Waals surface area contributed by atoms with Crippen LogP contribution in [0.5, 0.6) is 0 Å². The van der Waals surface area contributed by atoms with Crippen molar-refractivity contribution in [3.8, 4) is 45.0 Å². The summed E-state index contributed by atoms with van der Waals surface area (Å²) in [4.78, 5) is 206. The second kappa shape index (κ2) is 46.0. The number of rotatable bonds is 28. The quantitative estimate of drug-likeness (QED) is 0.0325. The van der Waals surface area contributed by atoms with E-state index in [0.717, 1.165) is 137 Å². The second-order valence-electron chi connectivity index (χ2n) is 34.9. The first-order valence-electron chi connectivity index (χ1n) is 46.7. The average molecular weight is 2020 g/mol. The van der Waals surface area contributed by atoms with Crippen molar-refractivity contribution in [2.75, 3.05) is 19.6 Å². The number of benzene rings is 8. The molecule has 4 aliphatic rings. The lowest BCUT2D eigenvalue weighted by Gasteiger charge is -2.14. The molecule has 0 N–H and O–H groups in total. The number of hydrogen-bond donors (Lipinski definition) is 0. The molecule has 728 valence electrons. The molecule has 31 heteroatoms. The van der Waals surface area contributed by atoms with Crippen LogP contribution < -0.4 is 19.6 Å². The molecule has 0 unspecified atom stereocenters. The zero-order chi connectivity index (χ0) is 104. The predicted molar refractivity (Wildman–Crippen MR) is 560 cm³/mol. The van der Waals surface area contributed by atoms with E-state index >= 15 is 0 Å². The molecule has 4 aliphatic heterocycles. The minimum Gasteiger partial charge on any atom is -0.294 e. The number of ketones is 4. The fourth-order valence-corrected chi connectivity index (χ4v) is 17.1. The molecule has 0 bridgehead atoms. The Labute approximate surface area is 864 Å². The van der Waals surface area contributed by atoms with Gasteiger partial charge in [0, 0.05) is 200 Å². The van der Waals surface area contributed by atoms with Gasteiger partial charge in [-0.3, -0.25) is 77.5 Å². The van der Waals surface area contributed by atoms with E-state index in [4.69, 9.17) is 49.8 Å². The molecule has 28 nitrogen and oxygen atoms in total. The first-order valence-corrected chi connectivity index (χ1v) is 47.8. The van der Waals surface area contributed by atoms with E-state index in [1.807, 2.05) is 173 Å². The summed E-state index contributed by atoms with van der Waals surface area (Å²) in [5, 5.41) is -0.767. The first-order chi connectivity index (χ1) is 71.6. The van der Waals surface area contributed by atoms with Crippen molar-refractivity contribution < 1.29 is 57.5 Å². The summed E-state index contributed by atoms with van der Waals surface area (Å²) in [5.74, 6) is -1.49. The van der Waals surface area contributed by atoms with Crippen molar-refractivity contribution >= 4 is 128 Å². The lowest BCUT2D eigenvalue weighted by atomic mass is 9.97. The van der Waals surface area contributed by atoms with Crippen LogP contribution in [0.2, 0.25) is 0 Å². The number of aryl methyl sites for hydroxylation is 4. The van der Waals surface area contributed by atoms with Crippen molar-refractivity contribution in [3.63, 3.8) is 0 Å². The number of amides is 8. The van der Waals surface area contributed by atoms with Gasteiger partial charge in [0.05, 0.1) is 45.5 Å². The molecule has 8 amide bonds. The number of carbonyl (C=O) groups is 12. The van der Waals surface area contributed by atoms with Crippen molar-refractivity contribution in [2.24, 2.45) is 0 Å². The second-order valence-corrected chi connectivity index (χ2v) is 36.1. The molecule has 8 aromatic carbocycles. The monoisotopic (exact) mass is 2010 g/mol. The van der Waals surface area contributed by atoms with Gasteiger partial charge >= 0.3 is 0 Å². The van der Waals surface area contributed by atoms with E-state index in [1.54, 1.807) is 166 Å². The molecule has 0 aliphatic carbocycles. The van der Waals surface area contributed by atoms with Gasteiger partial charge in [-0.2, -0.15) is 0 Å². The van der Waals surface area contributed by atoms with Crippen LogP contribution in [0.25, 0.3) is 45.0 Å². The number of Topliss-reactive ketones (excluding diaryl/α,β-unsaturated/α-hetero) is 4. The Morgan fingerprint density at radius 3 is 0.784 bits per heavy atom. The third-order valence-electron chi connectivity index (χ3n) is 24.7. The van der Waals surface area contributed by atoms with Crippen molar-refractivity contribution in [3.05, 3.63) is 474 Å². The molecule has 0 atom stereocenters. The largest absolute Gasteiger partial charge is 0.294 e. The smallest absolute Gasteiger partial charge is 0.278 e. The number of imide groups is 4. The Morgan fingerprint density at radius 1 is 0.270 bits per heavy atom. The van der Waals surface area contributed by atoms with Crippen molar-refractivity contribution in [1.82, 2.24) is 59.8 Å². The molecule has 0 radical (unpaired) electrons. The summed E-state index contributed by atoms with van der Waals surface area (Å²) < 4.78 is 0. The number of nitrogens with zero attached hydrogens (tertiary/aromatic N) is 16. The average Bonchev–Trinajstić information content (AvgIpc) is 1.63. The van der Waals surface area contributed by atoms with Crippen LogP contribution in [-0.4, -0.2) is 130 Å². The molecular formula is C117H87Cl3N16O12. The maximum atomic E-state index is 13.0. The van der Waals surface area contributed by atoms with Crippen LogP contribution in [0.1, 0.15) is 138 Å². The van der Waals surface area contributed by atoms with Crippen molar-refractivity contribution in [1.29, 1.82) is 0 Å². The highest BCUT2D eigenvalue weighted by Gasteiger charge is 2.39. The zero-order valence-corrected chi connectivity index (χ0v) is 82.4. The maximum Gasteiger partial charge on any atom is 0.278 e. The van der Waals surface area contributed by atoms with E-state index in [-0.39, 0.29) is 93.2 Å². The lowest BCUT2D eigenvalue weighted by Crippen LogP contribution is -2.30. The molecule has 0 spiro atoms. The number of halogens is 3. The highest BCUT2D eigenvalue weighted by atomic mass is 35.5. The molecule has 0 fully saturated rings.